The summed E-state index contributed by atoms with van der Waals surface area (Å²) in [5, 5.41) is 10.5. The van der Waals surface area contributed by atoms with Crippen molar-refractivity contribution in [2.45, 2.75) is 31.7 Å². The van der Waals surface area contributed by atoms with Crippen molar-refractivity contribution in [1.82, 2.24) is 9.88 Å². The third-order valence-electron chi connectivity index (χ3n) is 4.06. The van der Waals surface area contributed by atoms with E-state index >= 15 is 0 Å². The highest BCUT2D eigenvalue weighted by atomic mass is 32.1. The molecular weight excluding hydrogens is 266 g/mol. The Hall–Kier alpha value is -1.86. The second-order valence-corrected chi connectivity index (χ2v) is 6.48. The summed E-state index contributed by atoms with van der Waals surface area (Å²) in [6.07, 6.45) is 4.75. The number of aromatic nitrogens is 1. The number of hydrogen-bond donors (Lipinski definition) is 0. The lowest BCUT2D eigenvalue weighted by Crippen LogP contribution is -2.20. The van der Waals surface area contributed by atoms with E-state index < -0.39 is 0 Å². The first kappa shape index (κ1) is 11.9. The molecule has 0 bridgehead atoms. The van der Waals surface area contributed by atoms with Gasteiger partial charge in [-0.15, -0.1) is 11.3 Å². The highest BCUT2D eigenvalue weighted by molar-refractivity contribution is 7.19. The molecular formula is C16H15N3S. The average molecular weight is 281 g/mol. The molecule has 1 aromatic carbocycles. The maximum Gasteiger partial charge on any atom is 0.136 e. The minimum atomic E-state index is 0.685. The second kappa shape index (κ2) is 4.60. The zero-order chi connectivity index (χ0) is 13.5. The van der Waals surface area contributed by atoms with Gasteiger partial charge in [-0.05, 0) is 37.8 Å². The molecule has 2 aromatic rings. The zero-order valence-electron chi connectivity index (χ0n) is 11.2. The van der Waals surface area contributed by atoms with Crippen LogP contribution in [0.5, 0.6) is 0 Å². The highest BCUT2D eigenvalue weighted by Crippen LogP contribution is 2.39. The van der Waals surface area contributed by atoms with Crippen LogP contribution in [0.3, 0.4) is 0 Å². The fourth-order valence-electron chi connectivity index (χ4n) is 2.97. The van der Waals surface area contributed by atoms with Crippen LogP contribution in [0.25, 0.3) is 15.8 Å². The Balaban J connectivity index is 1.82. The third kappa shape index (κ3) is 1.90. The summed E-state index contributed by atoms with van der Waals surface area (Å²) in [5.74, 6) is 0. The van der Waals surface area contributed by atoms with E-state index in [1.54, 1.807) is 11.3 Å². The fourth-order valence-corrected chi connectivity index (χ4v) is 3.95. The molecule has 4 heteroatoms. The van der Waals surface area contributed by atoms with Gasteiger partial charge in [0.2, 0.25) is 0 Å². The van der Waals surface area contributed by atoms with Crippen molar-refractivity contribution in [2.75, 3.05) is 6.54 Å². The molecule has 1 aliphatic carbocycles. The second-order valence-electron chi connectivity index (χ2n) is 5.45. The first-order valence-corrected chi connectivity index (χ1v) is 7.94. The molecule has 2 heterocycles. The Kier molecular flexibility index (Phi) is 2.75. The molecule has 0 N–H and O–H groups in total. The largest absolute Gasteiger partial charge is 0.371 e. The molecule has 1 aromatic heterocycles. The van der Waals surface area contributed by atoms with Gasteiger partial charge in [0.05, 0.1) is 10.2 Å². The number of benzene rings is 1. The van der Waals surface area contributed by atoms with Crippen molar-refractivity contribution in [1.29, 1.82) is 5.26 Å². The van der Waals surface area contributed by atoms with Crippen LogP contribution >= 0.6 is 11.3 Å². The standard InChI is InChI=1S/C16H15N3S/c17-10-12(14-5-3-9-19(14)11-7-8-11)16-18-13-4-1-2-6-15(13)20-16/h1-2,4,6,11H,3,5,7-9H2/b14-12+. The summed E-state index contributed by atoms with van der Waals surface area (Å²) in [7, 11) is 0. The van der Waals surface area contributed by atoms with Crippen LogP contribution in [-0.4, -0.2) is 22.5 Å². The molecule has 100 valence electrons. The van der Waals surface area contributed by atoms with Gasteiger partial charge in [-0.2, -0.15) is 5.26 Å². The summed E-state index contributed by atoms with van der Waals surface area (Å²) in [4.78, 5) is 7.10. The normalized spacial score (nSPS) is 21.2. The van der Waals surface area contributed by atoms with Crippen LogP contribution in [0.4, 0.5) is 0 Å². The molecule has 1 saturated carbocycles. The van der Waals surface area contributed by atoms with E-state index in [2.05, 4.69) is 22.0 Å². The van der Waals surface area contributed by atoms with Crippen LogP contribution in [0.15, 0.2) is 30.0 Å². The molecule has 0 amide bonds. The Bertz CT molecular complexity index is 701. The van der Waals surface area contributed by atoms with Crippen LogP contribution < -0.4 is 0 Å². The highest BCUT2D eigenvalue weighted by Gasteiger charge is 2.35. The zero-order valence-corrected chi connectivity index (χ0v) is 12.0. The molecule has 4 rings (SSSR count). The van der Waals surface area contributed by atoms with Gasteiger partial charge in [0, 0.05) is 18.3 Å². The smallest absolute Gasteiger partial charge is 0.136 e. The van der Waals surface area contributed by atoms with Gasteiger partial charge in [0.25, 0.3) is 0 Å². The van der Waals surface area contributed by atoms with Gasteiger partial charge in [0.15, 0.2) is 0 Å². The van der Waals surface area contributed by atoms with Crippen LogP contribution in [0.2, 0.25) is 0 Å². The number of hydrogen-bond acceptors (Lipinski definition) is 4. The Labute approximate surface area is 122 Å². The summed E-state index contributed by atoms with van der Waals surface area (Å²) >= 11 is 1.63. The topological polar surface area (TPSA) is 39.9 Å². The minimum Gasteiger partial charge on any atom is -0.371 e. The summed E-state index contributed by atoms with van der Waals surface area (Å²) in [6, 6.07) is 11.2. The van der Waals surface area contributed by atoms with E-state index in [4.69, 9.17) is 0 Å². The predicted molar refractivity (Wildman–Crippen MR) is 81.1 cm³/mol. The van der Waals surface area contributed by atoms with E-state index in [0.717, 1.165) is 33.8 Å². The van der Waals surface area contributed by atoms with Crippen molar-refractivity contribution < 1.29 is 0 Å². The SMILES string of the molecule is N#C/C(=C1/CCCN1C1CC1)c1nc2ccccc2s1. The number of thiazole rings is 1. The number of nitrogens with zero attached hydrogens (tertiary/aromatic N) is 3. The van der Waals surface area contributed by atoms with Gasteiger partial charge < -0.3 is 4.90 Å². The first-order chi connectivity index (χ1) is 9.86. The Morgan fingerprint density at radius 2 is 2.20 bits per heavy atom. The fraction of sp³-hybridized carbons (Fsp3) is 0.375. The van der Waals surface area contributed by atoms with Gasteiger partial charge in [-0.25, -0.2) is 4.98 Å². The lowest BCUT2D eigenvalue weighted by atomic mass is 10.2. The minimum absolute atomic E-state index is 0.685. The van der Waals surface area contributed by atoms with Crippen LogP contribution in [0.1, 0.15) is 30.7 Å². The first-order valence-electron chi connectivity index (χ1n) is 7.12. The number of allylic oxidation sites excluding steroid dienone is 2. The predicted octanol–water partition coefficient (Wildman–Crippen LogP) is 3.79. The van der Waals surface area contributed by atoms with E-state index in [1.807, 2.05) is 18.2 Å². The third-order valence-corrected chi connectivity index (χ3v) is 5.11. The monoisotopic (exact) mass is 281 g/mol. The molecule has 0 unspecified atom stereocenters. The maximum atomic E-state index is 9.62. The van der Waals surface area contributed by atoms with E-state index in [9.17, 15) is 5.26 Å². The molecule has 0 atom stereocenters. The quantitative estimate of drug-likeness (QED) is 0.786. The molecule has 2 aliphatic rings. The van der Waals surface area contributed by atoms with Gasteiger partial charge in [-0.1, -0.05) is 12.1 Å². The van der Waals surface area contributed by atoms with Crippen molar-refractivity contribution in [3.8, 4) is 6.07 Å². The molecule has 20 heavy (non-hydrogen) atoms. The van der Waals surface area contributed by atoms with Gasteiger partial charge >= 0.3 is 0 Å². The molecule has 0 spiro atoms. The molecule has 1 saturated heterocycles. The summed E-state index contributed by atoms with van der Waals surface area (Å²) in [5.41, 5.74) is 3.03. The lowest BCUT2D eigenvalue weighted by Gasteiger charge is -2.20. The summed E-state index contributed by atoms with van der Waals surface area (Å²) in [6.45, 7) is 1.11. The van der Waals surface area contributed by atoms with Crippen molar-refractivity contribution in [3.05, 3.63) is 35.0 Å². The lowest BCUT2D eigenvalue weighted by molar-refractivity contribution is 0.384. The number of fused-ring (bicyclic) bond motifs is 1. The molecule has 0 radical (unpaired) electrons. The van der Waals surface area contributed by atoms with Crippen molar-refractivity contribution in [2.24, 2.45) is 0 Å². The number of rotatable bonds is 2. The Morgan fingerprint density at radius 3 is 2.95 bits per heavy atom. The summed E-state index contributed by atoms with van der Waals surface area (Å²) < 4.78 is 1.16. The van der Waals surface area contributed by atoms with Crippen molar-refractivity contribution >= 4 is 27.1 Å². The molecule has 1 aliphatic heterocycles. The Morgan fingerprint density at radius 1 is 1.35 bits per heavy atom. The van der Waals surface area contributed by atoms with Crippen LogP contribution in [0, 0.1) is 11.3 Å². The maximum absolute atomic E-state index is 9.62. The van der Waals surface area contributed by atoms with Crippen LogP contribution in [-0.2, 0) is 0 Å². The number of likely N-dealkylation sites (tertiary alicyclic amines) is 1. The number of para-hydroxylation sites is 1. The van der Waals surface area contributed by atoms with E-state index in [-0.39, 0.29) is 0 Å². The average Bonchev–Trinajstić information content (AvgIpc) is 3.05. The van der Waals surface area contributed by atoms with E-state index in [0.29, 0.717) is 6.04 Å². The van der Waals surface area contributed by atoms with Crippen molar-refractivity contribution in [3.63, 3.8) is 0 Å². The molecule has 3 nitrogen and oxygen atoms in total. The van der Waals surface area contributed by atoms with Gasteiger partial charge in [-0.3, -0.25) is 0 Å². The number of nitriles is 1. The van der Waals surface area contributed by atoms with Gasteiger partial charge in [0.1, 0.15) is 16.6 Å². The molecule has 2 fully saturated rings. The van der Waals surface area contributed by atoms with E-state index in [1.165, 1.54) is 25.0 Å².